The van der Waals surface area contributed by atoms with Gasteiger partial charge in [-0.15, -0.1) is 0 Å². The number of hydrogen-bond donors (Lipinski definition) is 15. The van der Waals surface area contributed by atoms with Crippen molar-refractivity contribution in [3.05, 3.63) is 54.0 Å². The second-order valence-electron chi connectivity index (χ2n) is 30.6. The van der Waals surface area contributed by atoms with Crippen molar-refractivity contribution in [2.24, 2.45) is 96.9 Å². The first kappa shape index (κ1) is 61.0. The highest BCUT2D eigenvalue weighted by Gasteiger charge is 2.79. The van der Waals surface area contributed by atoms with E-state index in [-0.39, 0.29) is 49.5 Å². The maximum atomic E-state index is 15.7. The molecule has 476 valence electrons. The molecule has 0 aromatic carbocycles. The monoisotopic (exact) mass is 1200 g/mol. The fourth-order valence-corrected chi connectivity index (χ4v) is 22.9. The number of aliphatic carboxylic acids is 1. The third kappa shape index (κ3) is 8.36. The second-order valence-corrected chi connectivity index (χ2v) is 30.6. The van der Waals surface area contributed by atoms with Gasteiger partial charge in [0.1, 0.15) is 30.4 Å². The number of anilines is 1. The minimum Gasteiger partial charge on any atom is -0.481 e. The average Bonchev–Trinajstić information content (AvgIpc) is 0.856. The molecule has 0 bridgehead atoms. The van der Waals surface area contributed by atoms with E-state index >= 15 is 4.79 Å². The van der Waals surface area contributed by atoms with Crippen LogP contribution in [0.3, 0.4) is 0 Å². The number of nitrogens with two attached hydrogens (primary N) is 1. The van der Waals surface area contributed by atoms with Crippen LogP contribution in [-0.2, 0) is 30.9 Å². The summed E-state index contributed by atoms with van der Waals surface area (Å²) >= 11 is 0. The van der Waals surface area contributed by atoms with Gasteiger partial charge in [0.15, 0.2) is 6.29 Å². The molecule has 5 heterocycles. The summed E-state index contributed by atoms with van der Waals surface area (Å²) in [4.78, 5) is 46.3. The number of H-pyrrole nitrogens is 2. The molecule has 13 rings (SSSR count). The van der Waals surface area contributed by atoms with E-state index in [9.17, 15) is 50.8 Å². The fraction of sp³-hybridized carbons (Fsp3) is 0.815. The van der Waals surface area contributed by atoms with Crippen molar-refractivity contribution in [2.75, 3.05) is 38.2 Å². The zero-order valence-electron chi connectivity index (χ0n) is 50.9. The molecule has 2 aromatic rings. The Morgan fingerprint density at radius 3 is 2.33 bits per heavy atom. The number of carbonyl (C=O) groups excluding carboxylic acids is 1. The minimum absolute atomic E-state index is 0.0753. The van der Waals surface area contributed by atoms with Gasteiger partial charge >= 0.3 is 5.97 Å². The summed E-state index contributed by atoms with van der Waals surface area (Å²) in [5, 5.41) is 119. The van der Waals surface area contributed by atoms with Crippen LogP contribution in [0.4, 0.5) is 5.82 Å². The number of aliphatic hydroxyl groups is 8. The van der Waals surface area contributed by atoms with Gasteiger partial charge in [-0.3, -0.25) is 9.59 Å². The first-order chi connectivity index (χ1) is 41.0. The third-order valence-corrected chi connectivity index (χ3v) is 27.4. The van der Waals surface area contributed by atoms with Gasteiger partial charge in [0, 0.05) is 54.9 Å². The molecule has 2 aromatic heterocycles. The molecule has 2 saturated heterocycles. The Labute approximate surface area is 504 Å². The SMILES string of the molecule is CC1(CO)CCC2(C(=O)O)C(C1)C1=CCC3C4(C)C(C5C=CC(c6cnc[nH]6)(C(O)C(CNC6CCCCC6)C(N)O)C6NC(=O)C7(CCCC7)C56)C(O)C(OC5OCC(O)C(O)C5O)C(C)(CO)C4CCC3(C)C1(C)C1Cc3[nH]cnc3NCC12. The van der Waals surface area contributed by atoms with Crippen LogP contribution >= 0.6 is 0 Å². The molecule has 86 heavy (non-hydrogen) atoms. The Balaban J connectivity index is 1.02. The number of hydrogen-bond acceptors (Lipinski definition) is 17. The summed E-state index contributed by atoms with van der Waals surface area (Å²) in [6.45, 7) is 10.8. The smallest absolute Gasteiger partial charge is 0.310 e. The lowest BCUT2D eigenvalue weighted by Gasteiger charge is -2.76. The maximum absolute atomic E-state index is 15.7. The molecule has 21 heteroatoms. The van der Waals surface area contributed by atoms with Gasteiger partial charge < -0.3 is 87.1 Å². The maximum Gasteiger partial charge on any atom is 0.310 e. The Morgan fingerprint density at radius 2 is 1.64 bits per heavy atom. The highest BCUT2D eigenvalue weighted by atomic mass is 16.7. The first-order valence-electron chi connectivity index (χ1n) is 32.7. The van der Waals surface area contributed by atoms with E-state index in [0.717, 1.165) is 56.2 Å². The topological polar surface area (TPSA) is 354 Å². The average molecular weight is 1200 g/mol. The number of aromatic amines is 2. The van der Waals surface area contributed by atoms with Crippen molar-refractivity contribution in [1.29, 1.82) is 0 Å². The van der Waals surface area contributed by atoms with Gasteiger partial charge in [-0.2, -0.15) is 0 Å². The van der Waals surface area contributed by atoms with Crippen LogP contribution < -0.4 is 21.7 Å². The van der Waals surface area contributed by atoms with E-state index in [1.807, 2.05) is 13.0 Å². The fourth-order valence-electron chi connectivity index (χ4n) is 22.9. The molecule has 6 saturated carbocycles. The Morgan fingerprint density at radius 1 is 0.884 bits per heavy atom. The van der Waals surface area contributed by atoms with Crippen LogP contribution in [0.1, 0.15) is 142 Å². The van der Waals surface area contributed by atoms with Crippen molar-refractivity contribution in [3.8, 4) is 0 Å². The predicted molar refractivity (Wildman–Crippen MR) is 315 cm³/mol. The third-order valence-electron chi connectivity index (χ3n) is 27.4. The summed E-state index contributed by atoms with van der Waals surface area (Å²) in [5.41, 5.74) is 1.55. The van der Waals surface area contributed by atoms with Crippen molar-refractivity contribution in [3.63, 3.8) is 0 Å². The van der Waals surface area contributed by atoms with E-state index in [1.165, 1.54) is 0 Å². The summed E-state index contributed by atoms with van der Waals surface area (Å²) < 4.78 is 13.0. The van der Waals surface area contributed by atoms with Crippen LogP contribution in [0.5, 0.6) is 0 Å². The normalized spacial score (nSPS) is 47.9. The molecule has 25 unspecified atom stereocenters. The number of allylic oxidation sites excluding steroid dienone is 3. The van der Waals surface area contributed by atoms with Crippen LogP contribution in [0, 0.1) is 91.2 Å². The molecule has 8 fully saturated rings. The number of imidazole rings is 2. The number of aromatic nitrogens is 4. The molecule has 16 N–H and O–H groups in total. The largest absolute Gasteiger partial charge is 0.481 e. The number of carboxylic acid groups (broad SMARTS) is 1. The molecule has 21 nitrogen and oxygen atoms in total. The Kier molecular flexibility index (Phi) is 15.4. The number of nitrogens with zero attached hydrogens (tertiary/aromatic N) is 2. The number of fused-ring (bicyclic) bond motifs is 13. The van der Waals surface area contributed by atoms with Crippen LogP contribution in [0.2, 0.25) is 0 Å². The van der Waals surface area contributed by atoms with Crippen LogP contribution in [-0.4, -0.2) is 172 Å². The number of nitrogens with one attached hydrogen (secondary N) is 5. The zero-order chi connectivity index (χ0) is 60.9. The number of carbonyl (C=O) groups is 2. The highest BCUT2D eigenvalue weighted by molar-refractivity contribution is 5.87. The lowest BCUT2D eigenvalue weighted by Crippen LogP contribution is -2.75. The quantitative estimate of drug-likeness (QED) is 0.0776. The summed E-state index contributed by atoms with van der Waals surface area (Å²) in [7, 11) is 0. The molecular weight excluding hydrogens is 1100 g/mol. The van der Waals surface area contributed by atoms with Crippen molar-refractivity contribution >= 4 is 17.7 Å². The standard InChI is InChI=1S/C65H98N8O13/c1-58(29-74)21-22-64(57(83)84)38(24-58)36-13-14-43-60(3,62(36,5)37-23-40-54(72-32-70-40)69-26-39(37)64)19-16-42-59(2,30-75)52(86-55-49(79)47(77)41(76)28-85-55)48(78)45(61(42,43)4)34-15-20-65(44-27-67-31-71-44,50-46(34)63(56(82)73-50)17-9-10-18-63)51(80)35(53(66)81)25-68-33-11-7-6-8-12-33/h13,15,20,27,31-35,37-39,41-43,45-53,55,68-69,74-81H,6-12,14,16-19,21-26,28-30,66H2,1-5H3,(H,67,71)(H,70,72)(H,73,82)(H,83,84). The lowest BCUT2D eigenvalue weighted by molar-refractivity contribution is -0.344. The van der Waals surface area contributed by atoms with Crippen LogP contribution in [0.25, 0.3) is 0 Å². The highest BCUT2D eigenvalue weighted by Crippen LogP contribution is 2.80. The molecule has 25 atom stereocenters. The molecular formula is C65H98N8O13. The zero-order valence-corrected chi connectivity index (χ0v) is 50.9. The van der Waals surface area contributed by atoms with Gasteiger partial charge in [0.2, 0.25) is 5.91 Å². The summed E-state index contributed by atoms with van der Waals surface area (Å²) in [6, 6.07) is -0.655. The predicted octanol–water partition coefficient (Wildman–Crippen LogP) is 3.38. The number of amides is 1. The van der Waals surface area contributed by atoms with E-state index < -0.39 is 147 Å². The first-order valence-corrected chi connectivity index (χ1v) is 32.7. The van der Waals surface area contributed by atoms with Gasteiger partial charge in [-0.1, -0.05) is 90.5 Å². The van der Waals surface area contributed by atoms with Gasteiger partial charge in [-0.05, 0) is 134 Å². The molecule has 3 aliphatic heterocycles. The van der Waals surface area contributed by atoms with E-state index in [1.54, 1.807) is 18.9 Å². The van der Waals surface area contributed by atoms with E-state index in [2.05, 4.69) is 70.7 Å². The molecule has 11 aliphatic rings. The molecule has 1 amide bonds. The number of carboxylic acids is 1. The number of aliphatic hydroxyl groups excluding tert-OH is 8. The number of rotatable bonds is 13. The van der Waals surface area contributed by atoms with Crippen molar-refractivity contribution in [1.82, 2.24) is 30.6 Å². The van der Waals surface area contributed by atoms with Crippen molar-refractivity contribution < 1.29 is 65.0 Å². The number of ether oxygens (including phenoxy) is 2. The second kappa shape index (κ2) is 21.7. The minimum atomic E-state index is -1.71. The van der Waals surface area contributed by atoms with Gasteiger partial charge in [0.25, 0.3) is 0 Å². The summed E-state index contributed by atoms with van der Waals surface area (Å²) in [6.07, 6.45) is 11.1. The lowest BCUT2D eigenvalue weighted by atomic mass is 9.28. The Hall–Kier alpha value is -3.84. The molecule has 8 aliphatic carbocycles. The van der Waals surface area contributed by atoms with Gasteiger partial charge in [-0.25, -0.2) is 9.97 Å². The Bertz CT molecular complexity index is 2910. The molecule has 1 spiro atoms. The molecule has 0 radical (unpaired) electrons. The van der Waals surface area contributed by atoms with E-state index in [0.29, 0.717) is 75.8 Å². The van der Waals surface area contributed by atoms with Gasteiger partial charge in [0.05, 0.1) is 72.2 Å². The van der Waals surface area contributed by atoms with Crippen LogP contribution in [0.15, 0.2) is 42.7 Å². The van der Waals surface area contributed by atoms with Crippen molar-refractivity contribution in [2.45, 2.75) is 204 Å². The summed E-state index contributed by atoms with van der Waals surface area (Å²) in [5.74, 6) is -4.89. The van der Waals surface area contributed by atoms with E-state index in [4.69, 9.17) is 20.2 Å².